The molecule has 0 aliphatic carbocycles. The monoisotopic (exact) mass is 338 g/mol. The van der Waals surface area contributed by atoms with Gasteiger partial charge < -0.3 is 14.8 Å². The van der Waals surface area contributed by atoms with E-state index in [0.29, 0.717) is 23.0 Å². The summed E-state index contributed by atoms with van der Waals surface area (Å²) in [5.74, 6) is 0.0642. The van der Waals surface area contributed by atoms with Crippen molar-refractivity contribution in [3.8, 4) is 5.75 Å². The van der Waals surface area contributed by atoms with Gasteiger partial charge in [-0.2, -0.15) is 0 Å². The minimum atomic E-state index is -0.630. The van der Waals surface area contributed by atoms with Crippen molar-refractivity contribution in [1.29, 1.82) is 0 Å². The number of rotatable bonds is 4. The highest BCUT2D eigenvalue weighted by Gasteiger charge is 2.33. The third kappa shape index (κ3) is 3.59. The lowest BCUT2D eigenvalue weighted by Gasteiger charge is -2.32. The maximum atomic E-state index is 12.3. The van der Waals surface area contributed by atoms with Crippen LogP contribution in [0.15, 0.2) is 18.2 Å². The Labute approximate surface area is 139 Å². The second kappa shape index (κ2) is 6.76. The minimum Gasteiger partial charge on any atom is -0.479 e. The largest absolute Gasteiger partial charge is 0.479 e. The Kier molecular flexibility index (Phi) is 4.73. The van der Waals surface area contributed by atoms with Crippen LogP contribution in [-0.2, 0) is 14.3 Å². The summed E-state index contributed by atoms with van der Waals surface area (Å²) < 4.78 is 11.0. The number of hydrogen-bond acceptors (Lipinski definition) is 4. The molecule has 2 unspecified atom stereocenters. The fraction of sp³-hybridized carbons (Fsp3) is 0.500. The minimum absolute atomic E-state index is 0.0629. The van der Waals surface area contributed by atoms with E-state index in [0.717, 1.165) is 19.4 Å². The van der Waals surface area contributed by atoms with Crippen molar-refractivity contribution in [3.63, 3.8) is 0 Å². The quantitative estimate of drug-likeness (QED) is 0.908. The van der Waals surface area contributed by atoms with Crippen LogP contribution in [0.25, 0.3) is 0 Å². The third-order valence-corrected chi connectivity index (χ3v) is 4.22. The zero-order chi connectivity index (χ0) is 16.4. The highest BCUT2D eigenvalue weighted by atomic mass is 35.5. The summed E-state index contributed by atoms with van der Waals surface area (Å²) in [6, 6.07) is 5.03. The fourth-order valence-electron chi connectivity index (χ4n) is 2.78. The Hall–Kier alpha value is -1.79. The number of carbonyl (C=O) groups is 2. The van der Waals surface area contributed by atoms with E-state index in [9.17, 15) is 9.59 Å². The summed E-state index contributed by atoms with van der Waals surface area (Å²) in [4.78, 5) is 25.9. The van der Waals surface area contributed by atoms with Gasteiger partial charge in [0.15, 0.2) is 6.10 Å². The molecule has 2 amide bonds. The average molecular weight is 339 g/mol. The smallest absolute Gasteiger partial charge is 0.268 e. The van der Waals surface area contributed by atoms with E-state index in [1.807, 2.05) is 0 Å². The van der Waals surface area contributed by atoms with Crippen LogP contribution < -0.4 is 15.0 Å². The van der Waals surface area contributed by atoms with E-state index in [2.05, 4.69) is 5.32 Å². The lowest BCUT2D eigenvalue weighted by Crippen LogP contribution is -2.49. The van der Waals surface area contributed by atoms with E-state index >= 15 is 0 Å². The molecule has 1 fully saturated rings. The van der Waals surface area contributed by atoms with Crippen LogP contribution in [0.2, 0.25) is 5.02 Å². The van der Waals surface area contributed by atoms with Crippen molar-refractivity contribution in [2.45, 2.75) is 32.0 Å². The number of benzene rings is 1. The summed E-state index contributed by atoms with van der Waals surface area (Å²) in [6.07, 6.45) is 1.41. The van der Waals surface area contributed by atoms with Crippen LogP contribution >= 0.6 is 11.6 Å². The molecular formula is C16H19ClN2O4. The molecule has 1 aromatic rings. The van der Waals surface area contributed by atoms with Crippen molar-refractivity contribution in [1.82, 2.24) is 5.32 Å². The molecule has 0 bridgehead atoms. The Morgan fingerprint density at radius 1 is 1.48 bits per heavy atom. The highest BCUT2D eigenvalue weighted by molar-refractivity contribution is 6.31. The van der Waals surface area contributed by atoms with Crippen molar-refractivity contribution in [2.24, 2.45) is 0 Å². The standard InChI is InChI=1S/C16H19ClN2O4/c1-10-16(21)19(13-7-11(17)4-5-14(13)23-10)9-15(20)18-8-12-3-2-6-22-12/h4-5,7,10,12H,2-3,6,8-9H2,1H3,(H,18,20). The summed E-state index contributed by atoms with van der Waals surface area (Å²) in [7, 11) is 0. The maximum Gasteiger partial charge on any atom is 0.268 e. The molecule has 0 spiro atoms. The molecule has 23 heavy (non-hydrogen) atoms. The SMILES string of the molecule is CC1Oc2ccc(Cl)cc2N(CC(=O)NCC2CCCO2)C1=O. The first-order valence-electron chi connectivity index (χ1n) is 7.70. The van der Waals surface area contributed by atoms with Gasteiger partial charge in [0.2, 0.25) is 5.91 Å². The number of fused-ring (bicyclic) bond motifs is 1. The van der Waals surface area contributed by atoms with Gasteiger partial charge >= 0.3 is 0 Å². The van der Waals surface area contributed by atoms with Crippen LogP contribution in [-0.4, -0.2) is 43.7 Å². The fourth-order valence-corrected chi connectivity index (χ4v) is 2.94. The van der Waals surface area contributed by atoms with Gasteiger partial charge in [-0.3, -0.25) is 14.5 Å². The molecule has 1 saturated heterocycles. The average Bonchev–Trinajstić information content (AvgIpc) is 3.04. The van der Waals surface area contributed by atoms with Crippen LogP contribution in [0.4, 0.5) is 5.69 Å². The van der Waals surface area contributed by atoms with Gasteiger partial charge in [0.1, 0.15) is 12.3 Å². The number of anilines is 1. The number of halogens is 1. The molecule has 1 N–H and O–H groups in total. The molecule has 7 heteroatoms. The molecule has 1 aromatic carbocycles. The second-order valence-electron chi connectivity index (χ2n) is 5.74. The van der Waals surface area contributed by atoms with Crippen molar-refractivity contribution >= 4 is 29.1 Å². The number of ether oxygens (including phenoxy) is 2. The predicted molar refractivity (Wildman–Crippen MR) is 85.9 cm³/mol. The molecule has 6 nitrogen and oxygen atoms in total. The Bertz CT molecular complexity index is 616. The molecule has 124 valence electrons. The van der Waals surface area contributed by atoms with Gasteiger partial charge in [-0.1, -0.05) is 11.6 Å². The lowest BCUT2D eigenvalue weighted by atomic mass is 10.2. The second-order valence-corrected chi connectivity index (χ2v) is 6.17. The lowest BCUT2D eigenvalue weighted by molar-refractivity contribution is -0.128. The first-order chi connectivity index (χ1) is 11.0. The van der Waals surface area contributed by atoms with Crippen molar-refractivity contribution < 1.29 is 19.1 Å². The Morgan fingerprint density at radius 3 is 3.04 bits per heavy atom. The van der Waals surface area contributed by atoms with Crippen LogP contribution in [0.3, 0.4) is 0 Å². The van der Waals surface area contributed by atoms with Crippen LogP contribution in [0.1, 0.15) is 19.8 Å². The van der Waals surface area contributed by atoms with Gasteiger partial charge in [0, 0.05) is 18.2 Å². The molecule has 0 aromatic heterocycles. The van der Waals surface area contributed by atoms with Gasteiger partial charge in [0.25, 0.3) is 5.91 Å². The molecule has 2 aliphatic rings. The van der Waals surface area contributed by atoms with Gasteiger partial charge in [0.05, 0.1) is 11.8 Å². The zero-order valence-corrected chi connectivity index (χ0v) is 13.6. The number of carbonyl (C=O) groups excluding carboxylic acids is 2. The van der Waals surface area contributed by atoms with Crippen molar-refractivity contribution in [3.05, 3.63) is 23.2 Å². The Balaban J connectivity index is 1.69. The van der Waals surface area contributed by atoms with Crippen LogP contribution in [0, 0.1) is 0 Å². The number of hydrogen-bond donors (Lipinski definition) is 1. The number of nitrogens with one attached hydrogen (secondary N) is 1. The van der Waals surface area contributed by atoms with Gasteiger partial charge in [-0.25, -0.2) is 0 Å². The zero-order valence-electron chi connectivity index (χ0n) is 12.9. The van der Waals surface area contributed by atoms with E-state index in [1.54, 1.807) is 25.1 Å². The predicted octanol–water partition coefficient (Wildman–Crippen LogP) is 1.75. The molecule has 2 atom stereocenters. The topological polar surface area (TPSA) is 67.9 Å². The number of nitrogens with zero attached hydrogens (tertiary/aromatic N) is 1. The Morgan fingerprint density at radius 2 is 2.30 bits per heavy atom. The van der Waals surface area contributed by atoms with E-state index in [4.69, 9.17) is 21.1 Å². The molecule has 3 rings (SSSR count). The van der Waals surface area contributed by atoms with Gasteiger partial charge in [-0.15, -0.1) is 0 Å². The summed E-state index contributed by atoms with van der Waals surface area (Å²) in [6.45, 7) is 2.81. The molecule has 0 saturated carbocycles. The maximum absolute atomic E-state index is 12.3. The van der Waals surface area contributed by atoms with Crippen LogP contribution in [0.5, 0.6) is 5.75 Å². The molecular weight excluding hydrogens is 320 g/mol. The summed E-state index contributed by atoms with van der Waals surface area (Å²) in [5.41, 5.74) is 0.521. The first kappa shape index (κ1) is 16.1. The highest BCUT2D eigenvalue weighted by Crippen LogP contribution is 2.35. The number of amides is 2. The van der Waals surface area contributed by atoms with Crippen molar-refractivity contribution in [2.75, 3.05) is 24.6 Å². The van der Waals surface area contributed by atoms with E-state index < -0.39 is 6.10 Å². The van der Waals surface area contributed by atoms with E-state index in [1.165, 1.54) is 4.90 Å². The molecule has 0 radical (unpaired) electrons. The van der Waals surface area contributed by atoms with E-state index in [-0.39, 0.29) is 24.5 Å². The summed E-state index contributed by atoms with van der Waals surface area (Å²) in [5, 5.41) is 3.31. The summed E-state index contributed by atoms with van der Waals surface area (Å²) >= 11 is 6.00. The first-order valence-corrected chi connectivity index (χ1v) is 8.08. The molecule has 2 aliphatic heterocycles. The normalized spacial score (nSPS) is 23.4. The van der Waals surface area contributed by atoms with Gasteiger partial charge in [-0.05, 0) is 38.0 Å². The third-order valence-electron chi connectivity index (χ3n) is 3.98. The molecule has 2 heterocycles.